The number of nitrogens with one attached hydrogen (secondary N) is 1. The lowest BCUT2D eigenvalue weighted by Crippen LogP contribution is -2.42. The van der Waals surface area contributed by atoms with Crippen molar-refractivity contribution in [3.63, 3.8) is 0 Å². The minimum absolute atomic E-state index is 0.526. The van der Waals surface area contributed by atoms with Crippen molar-refractivity contribution in [1.29, 1.82) is 0 Å². The van der Waals surface area contributed by atoms with Crippen LogP contribution in [0.1, 0.15) is 6.92 Å². The van der Waals surface area contributed by atoms with Gasteiger partial charge in [0.2, 0.25) is 0 Å². The Hall–Kier alpha value is -0.460. The van der Waals surface area contributed by atoms with Gasteiger partial charge in [-0.25, -0.2) is 5.48 Å². The first-order valence-electron chi connectivity index (χ1n) is 3.46. The second-order valence-electron chi connectivity index (χ2n) is 2.72. The van der Waals surface area contributed by atoms with E-state index in [0.717, 1.165) is 4.90 Å². The highest BCUT2D eigenvalue weighted by atomic mass is 31.2. The molecule has 1 unspecified atom stereocenters. The summed E-state index contributed by atoms with van der Waals surface area (Å²) in [7, 11) is -2.79. The first kappa shape index (κ1) is 12.5. The molecule has 0 bridgehead atoms. The molecule has 0 saturated carbocycles. The van der Waals surface area contributed by atoms with Gasteiger partial charge in [0.05, 0.1) is 6.04 Å². The van der Waals surface area contributed by atoms with Crippen molar-refractivity contribution in [2.45, 2.75) is 13.0 Å². The Morgan fingerprint density at radius 2 is 2.08 bits per heavy atom. The molecule has 0 rings (SSSR count). The van der Waals surface area contributed by atoms with Crippen molar-refractivity contribution in [2.75, 3.05) is 13.3 Å². The summed E-state index contributed by atoms with van der Waals surface area (Å²) in [5.74, 6) is -0.712. The van der Waals surface area contributed by atoms with Gasteiger partial charge in [0, 0.05) is 0 Å². The van der Waals surface area contributed by atoms with Gasteiger partial charge in [0.1, 0.15) is 6.29 Å². The van der Waals surface area contributed by atoms with Crippen LogP contribution in [0.15, 0.2) is 0 Å². The molecule has 0 aliphatic heterocycles. The predicted molar refractivity (Wildman–Crippen MR) is 44.1 cm³/mol. The molecule has 4 N–H and O–H groups in total. The first-order valence-corrected chi connectivity index (χ1v) is 5.26. The standard InChI is InChI=1S/C5H13N2O5P/c1-4(5(8)6-9)7(2)3-13(10,11)12/h4,9H,3H2,1-2H3,(H,6,8)(H2,10,11,12). The molecule has 0 spiro atoms. The SMILES string of the molecule is CC(C(=O)NO)N(C)CP(=O)(O)O. The number of likely N-dealkylation sites (N-methyl/N-ethyl adjacent to an activating group) is 1. The smallest absolute Gasteiger partial charge is 0.324 e. The summed E-state index contributed by atoms with van der Waals surface area (Å²) < 4.78 is 10.5. The lowest BCUT2D eigenvalue weighted by atomic mass is 10.3. The third kappa shape index (κ3) is 4.97. The second-order valence-corrected chi connectivity index (χ2v) is 4.33. The van der Waals surface area contributed by atoms with E-state index in [1.165, 1.54) is 19.5 Å². The molecule has 0 aromatic carbocycles. The van der Waals surface area contributed by atoms with Gasteiger partial charge in [-0.05, 0) is 14.0 Å². The van der Waals surface area contributed by atoms with Crippen molar-refractivity contribution in [2.24, 2.45) is 0 Å². The molecule has 0 aromatic rings. The van der Waals surface area contributed by atoms with Crippen LogP contribution < -0.4 is 5.48 Å². The van der Waals surface area contributed by atoms with E-state index in [4.69, 9.17) is 15.0 Å². The fourth-order valence-corrected chi connectivity index (χ4v) is 1.53. The molecule has 0 aliphatic rings. The molecule has 78 valence electrons. The Kier molecular flexibility index (Phi) is 4.52. The molecule has 8 heteroatoms. The summed E-state index contributed by atoms with van der Waals surface area (Å²) >= 11 is 0. The Morgan fingerprint density at radius 1 is 1.62 bits per heavy atom. The summed E-state index contributed by atoms with van der Waals surface area (Å²) in [6, 6.07) is -0.794. The van der Waals surface area contributed by atoms with E-state index in [1.54, 1.807) is 0 Å². The van der Waals surface area contributed by atoms with Crippen LogP contribution in [0.25, 0.3) is 0 Å². The van der Waals surface area contributed by atoms with Gasteiger partial charge in [-0.2, -0.15) is 0 Å². The van der Waals surface area contributed by atoms with E-state index >= 15 is 0 Å². The molecule has 1 atom stereocenters. The fraction of sp³-hybridized carbons (Fsp3) is 0.800. The average Bonchev–Trinajstić information content (AvgIpc) is 1.98. The largest absolute Gasteiger partial charge is 0.339 e. The van der Waals surface area contributed by atoms with Gasteiger partial charge in [0.15, 0.2) is 0 Å². The van der Waals surface area contributed by atoms with Crippen molar-refractivity contribution in [1.82, 2.24) is 10.4 Å². The average molecular weight is 212 g/mol. The van der Waals surface area contributed by atoms with Crippen molar-refractivity contribution in [3.8, 4) is 0 Å². The van der Waals surface area contributed by atoms with Crippen LogP contribution in [-0.4, -0.2) is 45.2 Å². The number of hydrogen-bond donors (Lipinski definition) is 4. The summed E-state index contributed by atoms with van der Waals surface area (Å²) in [6.07, 6.45) is -0.526. The van der Waals surface area contributed by atoms with Gasteiger partial charge in [0.25, 0.3) is 5.91 Å². The van der Waals surface area contributed by atoms with Crippen LogP contribution in [0, 0.1) is 0 Å². The highest BCUT2D eigenvalue weighted by molar-refractivity contribution is 7.51. The van der Waals surface area contributed by atoms with Gasteiger partial charge >= 0.3 is 7.60 Å². The summed E-state index contributed by atoms with van der Waals surface area (Å²) in [5.41, 5.74) is 1.40. The van der Waals surface area contributed by atoms with Crippen molar-refractivity contribution >= 4 is 13.5 Å². The zero-order valence-electron chi connectivity index (χ0n) is 7.34. The van der Waals surface area contributed by atoms with Gasteiger partial charge in [-0.3, -0.25) is 19.5 Å². The predicted octanol–water partition coefficient (Wildman–Crippen LogP) is -1.05. The van der Waals surface area contributed by atoms with E-state index < -0.39 is 25.8 Å². The van der Waals surface area contributed by atoms with Crippen LogP contribution >= 0.6 is 7.60 Å². The number of hydroxylamine groups is 1. The second kappa shape index (κ2) is 4.69. The van der Waals surface area contributed by atoms with Crippen molar-refractivity contribution < 1.29 is 24.4 Å². The number of nitrogens with zero attached hydrogens (tertiary/aromatic N) is 1. The highest BCUT2D eigenvalue weighted by Gasteiger charge is 2.24. The maximum Gasteiger partial charge on any atom is 0.339 e. The van der Waals surface area contributed by atoms with Crippen LogP contribution in [-0.2, 0) is 9.36 Å². The molecule has 0 radical (unpaired) electrons. The van der Waals surface area contributed by atoms with Crippen LogP contribution in [0.2, 0.25) is 0 Å². The molecule has 13 heavy (non-hydrogen) atoms. The molecule has 0 saturated heterocycles. The van der Waals surface area contributed by atoms with Crippen LogP contribution in [0.4, 0.5) is 0 Å². The summed E-state index contributed by atoms with van der Waals surface area (Å²) in [4.78, 5) is 29.1. The quantitative estimate of drug-likeness (QED) is 0.269. The van der Waals surface area contributed by atoms with Gasteiger partial charge < -0.3 is 9.79 Å². The van der Waals surface area contributed by atoms with E-state index in [0.29, 0.717) is 0 Å². The summed E-state index contributed by atoms with van der Waals surface area (Å²) in [5, 5.41) is 8.23. The summed E-state index contributed by atoms with van der Waals surface area (Å²) in [6.45, 7) is 1.42. The van der Waals surface area contributed by atoms with Crippen molar-refractivity contribution in [3.05, 3.63) is 0 Å². The van der Waals surface area contributed by atoms with E-state index in [1.807, 2.05) is 0 Å². The molecular formula is C5H13N2O5P. The maximum absolute atomic E-state index is 10.8. The molecular weight excluding hydrogens is 199 g/mol. The molecule has 0 fully saturated rings. The zero-order chi connectivity index (χ0) is 10.6. The Labute approximate surface area is 75.5 Å². The Bertz CT molecular complexity index is 227. The van der Waals surface area contributed by atoms with E-state index in [2.05, 4.69) is 0 Å². The molecule has 0 aromatic heterocycles. The fourth-order valence-electron chi connectivity index (χ4n) is 0.707. The normalized spacial score (nSPS) is 14.3. The van der Waals surface area contributed by atoms with E-state index in [9.17, 15) is 9.36 Å². The minimum Gasteiger partial charge on any atom is -0.324 e. The Morgan fingerprint density at radius 3 is 2.38 bits per heavy atom. The minimum atomic E-state index is -4.16. The van der Waals surface area contributed by atoms with Crippen LogP contribution in [0.5, 0.6) is 0 Å². The third-order valence-electron chi connectivity index (χ3n) is 1.56. The zero-order valence-corrected chi connectivity index (χ0v) is 8.23. The molecule has 0 heterocycles. The monoisotopic (exact) mass is 212 g/mol. The topological polar surface area (TPSA) is 110 Å². The number of rotatable bonds is 4. The van der Waals surface area contributed by atoms with Crippen LogP contribution in [0.3, 0.4) is 0 Å². The molecule has 1 amide bonds. The van der Waals surface area contributed by atoms with Gasteiger partial charge in [-0.1, -0.05) is 0 Å². The lowest BCUT2D eigenvalue weighted by molar-refractivity contribution is -0.133. The first-order chi connectivity index (χ1) is 5.78. The maximum atomic E-state index is 10.8. The number of carbonyl (C=O) groups is 1. The highest BCUT2D eigenvalue weighted by Crippen LogP contribution is 2.34. The molecule has 0 aliphatic carbocycles. The third-order valence-corrected chi connectivity index (χ3v) is 2.37. The number of carbonyl (C=O) groups excluding carboxylic acids is 1. The lowest BCUT2D eigenvalue weighted by Gasteiger charge is -2.22. The van der Waals surface area contributed by atoms with Gasteiger partial charge in [-0.15, -0.1) is 0 Å². The number of hydrogen-bond acceptors (Lipinski definition) is 4. The Balaban J connectivity index is 4.19. The van der Waals surface area contributed by atoms with E-state index in [-0.39, 0.29) is 0 Å². The molecule has 7 nitrogen and oxygen atoms in total. The number of amides is 1.